The number of nitrogens with zero attached hydrogens (tertiary/aromatic N) is 3. The Morgan fingerprint density at radius 1 is 1.50 bits per heavy atom. The number of imidazole rings is 1. The third kappa shape index (κ3) is 1.48. The number of hydrogen-bond acceptors (Lipinski definition) is 3. The molecule has 2 rings (SSSR count). The number of aromatic nitrogens is 3. The van der Waals surface area contributed by atoms with Gasteiger partial charge in [-0.05, 0) is 20.0 Å². The third-order valence-corrected chi connectivity index (χ3v) is 2.24. The summed E-state index contributed by atoms with van der Waals surface area (Å²) >= 11 is 0. The molecule has 0 unspecified atom stereocenters. The van der Waals surface area contributed by atoms with E-state index in [1.807, 2.05) is 30.6 Å². The first kappa shape index (κ1) is 9.15. The van der Waals surface area contributed by atoms with Crippen molar-refractivity contribution < 1.29 is 0 Å². The minimum atomic E-state index is 0.928. The lowest BCUT2D eigenvalue weighted by Crippen LogP contribution is -2.12. The molecule has 0 saturated heterocycles. The summed E-state index contributed by atoms with van der Waals surface area (Å²) in [7, 11) is 1.95. The molecule has 0 aliphatic heterocycles. The molecule has 2 aromatic rings. The van der Waals surface area contributed by atoms with Crippen LogP contribution in [0.4, 0.5) is 0 Å². The molecule has 0 fully saturated rings. The Morgan fingerprint density at radius 2 is 2.36 bits per heavy atom. The Morgan fingerprint density at radius 3 is 3.14 bits per heavy atom. The predicted octanol–water partition coefficient (Wildman–Crippen LogP) is 0.800. The van der Waals surface area contributed by atoms with Crippen LogP contribution < -0.4 is 5.32 Å². The normalized spacial score (nSPS) is 11.0. The van der Waals surface area contributed by atoms with Crippen LogP contribution in [-0.4, -0.2) is 28.0 Å². The maximum Gasteiger partial charge on any atom is 0.159 e. The van der Waals surface area contributed by atoms with Gasteiger partial charge in [-0.3, -0.25) is 4.40 Å². The second-order valence-corrected chi connectivity index (χ2v) is 3.28. The van der Waals surface area contributed by atoms with Crippen molar-refractivity contribution in [3.05, 3.63) is 30.0 Å². The first-order valence-corrected chi connectivity index (χ1v) is 4.76. The van der Waals surface area contributed by atoms with Gasteiger partial charge in [-0.25, -0.2) is 9.97 Å². The summed E-state index contributed by atoms with van der Waals surface area (Å²) in [6, 6.07) is 1.93. The van der Waals surface area contributed by atoms with Crippen LogP contribution in [0.3, 0.4) is 0 Å². The minimum absolute atomic E-state index is 0.928. The zero-order chi connectivity index (χ0) is 9.97. The van der Waals surface area contributed by atoms with Gasteiger partial charge in [0.1, 0.15) is 5.82 Å². The smallest absolute Gasteiger partial charge is 0.159 e. The van der Waals surface area contributed by atoms with Crippen LogP contribution in [-0.2, 0) is 6.42 Å². The summed E-state index contributed by atoms with van der Waals surface area (Å²) < 4.78 is 2.05. The van der Waals surface area contributed by atoms with Crippen molar-refractivity contribution in [3.8, 4) is 0 Å². The highest BCUT2D eigenvalue weighted by Crippen LogP contribution is 2.08. The molecule has 4 heteroatoms. The van der Waals surface area contributed by atoms with Crippen LogP contribution in [0.2, 0.25) is 0 Å². The van der Waals surface area contributed by atoms with E-state index in [4.69, 9.17) is 0 Å². The van der Waals surface area contributed by atoms with Gasteiger partial charge in [0.2, 0.25) is 0 Å². The van der Waals surface area contributed by atoms with Crippen molar-refractivity contribution in [1.82, 2.24) is 19.7 Å². The molecule has 14 heavy (non-hydrogen) atoms. The number of likely N-dealkylation sites (N-methyl/N-ethyl adjacent to an activating group) is 1. The molecule has 0 saturated carbocycles. The summed E-state index contributed by atoms with van der Waals surface area (Å²) in [6.45, 7) is 2.93. The first-order valence-electron chi connectivity index (χ1n) is 4.76. The number of nitrogens with one attached hydrogen (secondary N) is 1. The molecule has 0 atom stereocenters. The lowest BCUT2D eigenvalue weighted by molar-refractivity contribution is 0.751. The fourth-order valence-electron chi connectivity index (χ4n) is 1.56. The highest BCUT2D eigenvalue weighted by molar-refractivity contribution is 5.44. The first-order chi connectivity index (χ1) is 6.83. The fourth-order valence-corrected chi connectivity index (χ4v) is 1.56. The van der Waals surface area contributed by atoms with Gasteiger partial charge in [0, 0.05) is 25.4 Å². The van der Waals surface area contributed by atoms with E-state index < -0.39 is 0 Å². The van der Waals surface area contributed by atoms with E-state index in [2.05, 4.69) is 15.3 Å². The molecule has 2 aromatic heterocycles. The summed E-state index contributed by atoms with van der Waals surface area (Å²) in [5.41, 5.74) is 1.95. The van der Waals surface area contributed by atoms with Gasteiger partial charge in [-0.15, -0.1) is 0 Å². The Bertz CT molecular complexity index is 433. The van der Waals surface area contributed by atoms with Gasteiger partial charge in [0.25, 0.3) is 0 Å². The van der Waals surface area contributed by atoms with Crippen LogP contribution in [0, 0.1) is 6.92 Å². The van der Waals surface area contributed by atoms with Crippen LogP contribution in [0.15, 0.2) is 18.5 Å². The standard InChI is InChI=1S/C10H14N4/c1-8-10-12-5-3-7-14(10)9(13-8)4-6-11-2/h3,5,7,11H,4,6H2,1-2H3. The Balaban J connectivity index is 2.44. The topological polar surface area (TPSA) is 42.2 Å². The molecule has 0 aliphatic rings. The van der Waals surface area contributed by atoms with E-state index in [0.717, 1.165) is 30.1 Å². The SMILES string of the molecule is CNCCc1nc(C)c2ncccn12. The molecule has 4 nitrogen and oxygen atoms in total. The van der Waals surface area contributed by atoms with Crippen molar-refractivity contribution in [2.45, 2.75) is 13.3 Å². The van der Waals surface area contributed by atoms with Crippen molar-refractivity contribution in [1.29, 1.82) is 0 Å². The summed E-state index contributed by atoms with van der Waals surface area (Å²) in [6.07, 6.45) is 4.73. The molecule has 2 heterocycles. The number of rotatable bonds is 3. The van der Waals surface area contributed by atoms with Gasteiger partial charge in [0.15, 0.2) is 5.65 Å². The Kier molecular flexibility index (Phi) is 2.45. The van der Waals surface area contributed by atoms with Crippen LogP contribution in [0.25, 0.3) is 5.65 Å². The largest absolute Gasteiger partial charge is 0.319 e. The molecule has 0 bridgehead atoms. The van der Waals surface area contributed by atoms with E-state index >= 15 is 0 Å². The zero-order valence-electron chi connectivity index (χ0n) is 8.49. The van der Waals surface area contributed by atoms with E-state index in [0.29, 0.717) is 0 Å². The molecule has 0 radical (unpaired) electrons. The molecule has 0 spiro atoms. The predicted molar refractivity (Wildman–Crippen MR) is 55.4 cm³/mol. The van der Waals surface area contributed by atoms with Crippen LogP contribution >= 0.6 is 0 Å². The number of hydrogen-bond donors (Lipinski definition) is 1. The molecular formula is C10H14N4. The van der Waals surface area contributed by atoms with Crippen molar-refractivity contribution in [2.24, 2.45) is 0 Å². The molecule has 0 aromatic carbocycles. The molecule has 0 aliphatic carbocycles. The van der Waals surface area contributed by atoms with Crippen molar-refractivity contribution >= 4 is 5.65 Å². The molecule has 0 amide bonds. The van der Waals surface area contributed by atoms with Gasteiger partial charge < -0.3 is 5.32 Å². The van der Waals surface area contributed by atoms with E-state index in [9.17, 15) is 0 Å². The maximum atomic E-state index is 4.49. The third-order valence-electron chi connectivity index (χ3n) is 2.24. The lowest BCUT2D eigenvalue weighted by Gasteiger charge is -1.98. The van der Waals surface area contributed by atoms with Gasteiger partial charge in [-0.2, -0.15) is 0 Å². The average molecular weight is 190 g/mol. The lowest BCUT2D eigenvalue weighted by atomic mass is 10.4. The second kappa shape index (κ2) is 3.75. The van der Waals surface area contributed by atoms with E-state index in [-0.39, 0.29) is 0 Å². The van der Waals surface area contributed by atoms with Crippen molar-refractivity contribution in [3.63, 3.8) is 0 Å². The Labute approximate surface area is 83.0 Å². The molecular weight excluding hydrogens is 176 g/mol. The minimum Gasteiger partial charge on any atom is -0.319 e. The highest BCUT2D eigenvalue weighted by Gasteiger charge is 2.06. The zero-order valence-corrected chi connectivity index (χ0v) is 8.49. The van der Waals surface area contributed by atoms with Crippen LogP contribution in [0.1, 0.15) is 11.5 Å². The van der Waals surface area contributed by atoms with Gasteiger partial charge in [0.05, 0.1) is 5.69 Å². The van der Waals surface area contributed by atoms with Gasteiger partial charge >= 0.3 is 0 Å². The second-order valence-electron chi connectivity index (χ2n) is 3.28. The average Bonchev–Trinajstić information content (AvgIpc) is 2.54. The highest BCUT2D eigenvalue weighted by atomic mass is 15.1. The van der Waals surface area contributed by atoms with E-state index in [1.165, 1.54) is 0 Å². The summed E-state index contributed by atoms with van der Waals surface area (Å²) in [5, 5.41) is 3.12. The van der Waals surface area contributed by atoms with Crippen molar-refractivity contribution in [2.75, 3.05) is 13.6 Å². The summed E-state index contributed by atoms with van der Waals surface area (Å²) in [4.78, 5) is 8.78. The summed E-state index contributed by atoms with van der Waals surface area (Å²) in [5.74, 6) is 1.07. The Hall–Kier alpha value is -1.42. The molecule has 1 N–H and O–H groups in total. The van der Waals surface area contributed by atoms with Gasteiger partial charge in [-0.1, -0.05) is 0 Å². The monoisotopic (exact) mass is 190 g/mol. The van der Waals surface area contributed by atoms with Crippen LogP contribution in [0.5, 0.6) is 0 Å². The quantitative estimate of drug-likeness (QED) is 0.778. The number of fused-ring (bicyclic) bond motifs is 1. The van der Waals surface area contributed by atoms with E-state index in [1.54, 1.807) is 6.20 Å². The maximum absolute atomic E-state index is 4.49. The number of aryl methyl sites for hydroxylation is 1. The molecule has 74 valence electrons. The fraction of sp³-hybridized carbons (Fsp3) is 0.400.